The van der Waals surface area contributed by atoms with Crippen LogP contribution in [0.4, 0.5) is 0 Å². The monoisotopic (exact) mass is 808 g/mol. The van der Waals surface area contributed by atoms with Gasteiger partial charge in [0.1, 0.15) is 0 Å². The third kappa shape index (κ3) is 5.60. The third-order valence-electron chi connectivity index (χ3n) is 10.2. The van der Waals surface area contributed by atoms with E-state index in [1.54, 1.807) is 0 Å². The standard InChI is InChI=1S/C24H16N2.C18H12N2.C6H5I.CH4/c1-2-8-16(9-3-1)26-22-13-7-5-11-18(22)20-15-14-19-17-10-4-6-12-21(17)25-23(19)24(20)26;1-3-7-15-11(5-1)13-9-10-14-12-6-2-4-8-16(12)20-18(14)17(13)19-15;7-6-4-2-1-3-5-6;/h1-15,25H;1-10,19-20H;1-5H;1H4. The van der Waals surface area contributed by atoms with Gasteiger partial charge in [0, 0.05) is 68.9 Å². The first-order valence-corrected chi connectivity index (χ1v) is 18.9. The van der Waals surface area contributed by atoms with E-state index in [2.05, 4.69) is 206 Å². The van der Waals surface area contributed by atoms with Crippen LogP contribution in [0.1, 0.15) is 7.43 Å². The van der Waals surface area contributed by atoms with Crippen LogP contribution in [0.25, 0.3) is 92.9 Å². The fourth-order valence-electron chi connectivity index (χ4n) is 7.86. The molecule has 0 unspecified atom stereocenters. The zero-order valence-corrected chi connectivity index (χ0v) is 30.8. The van der Waals surface area contributed by atoms with Crippen molar-refractivity contribution >= 4 is 110 Å². The van der Waals surface area contributed by atoms with Gasteiger partial charge in [0.2, 0.25) is 0 Å². The van der Waals surface area contributed by atoms with E-state index in [1.165, 1.54) is 96.5 Å². The Morgan fingerprint density at radius 2 is 0.722 bits per heavy atom. The number of benzene rings is 8. The maximum Gasteiger partial charge on any atom is 0.0783 e. The van der Waals surface area contributed by atoms with Crippen LogP contribution in [-0.2, 0) is 0 Å². The summed E-state index contributed by atoms with van der Waals surface area (Å²) in [6.45, 7) is 0. The molecule has 12 rings (SSSR count). The van der Waals surface area contributed by atoms with Crippen LogP contribution in [0.2, 0.25) is 0 Å². The van der Waals surface area contributed by atoms with Crippen molar-refractivity contribution in [2.24, 2.45) is 0 Å². The summed E-state index contributed by atoms with van der Waals surface area (Å²) in [6.07, 6.45) is 0. The molecule has 12 aromatic rings. The second kappa shape index (κ2) is 13.9. The topological polar surface area (TPSA) is 52.3 Å². The van der Waals surface area contributed by atoms with E-state index in [9.17, 15) is 0 Å². The molecule has 8 aromatic carbocycles. The van der Waals surface area contributed by atoms with Crippen molar-refractivity contribution < 1.29 is 0 Å². The van der Waals surface area contributed by atoms with Crippen LogP contribution in [0.3, 0.4) is 0 Å². The summed E-state index contributed by atoms with van der Waals surface area (Å²) >= 11 is 2.28. The average molecular weight is 809 g/mol. The SMILES string of the molecule is C.Ic1ccccc1.c1ccc(-n2c3ccccc3c3ccc4c5ccccc5[nH]c4c32)cc1.c1ccc2c(c1)[nH]c1c2ccc2c3ccccc3[nH]c21. The van der Waals surface area contributed by atoms with Gasteiger partial charge >= 0.3 is 0 Å². The average Bonchev–Trinajstić information content (AvgIpc) is 3.98. The predicted molar refractivity (Wildman–Crippen MR) is 241 cm³/mol. The second-order valence-corrected chi connectivity index (χ2v) is 14.5. The number of nitrogens with zero attached hydrogens (tertiary/aromatic N) is 1. The minimum atomic E-state index is 0. The number of halogens is 1. The Morgan fingerprint density at radius 3 is 1.22 bits per heavy atom. The fraction of sp³-hybridized carbons (Fsp3) is 0.0204. The number of nitrogens with one attached hydrogen (secondary N) is 3. The maximum absolute atomic E-state index is 3.67. The van der Waals surface area contributed by atoms with Crippen molar-refractivity contribution in [3.8, 4) is 5.69 Å². The third-order valence-corrected chi connectivity index (χ3v) is 10.9. The van der Waals surface area contributed by atoms with E-state index < -0.39 is 0 Å². The number of para-hydroxylation sites is 5. The lowest BCUT2D eigenvalue weighted by atomic mass is 10.1. The van der Waals surface area contributed by atoms with Gasteiger partial charge in [-0.1, -0.05) is 141 Å². The summed E-state index contributed by atoms with van der Waals surface area (Å²) in [6, 6.07) is 63.9. The van der Waals surface area contributed by atoms with Crippen LogP contribution >= 0.6 is 22.6 Å². The van der Waals surface area contributed by atoms with Crippen molar-refractivity contribution in [1.29, 1.82) is 0 Å². The lowest BCUT2D eigenvalue weighted by Crippen LogP contribution is -1.93. The molecule has 0 fully saturated rings. The normalized spacial score (nSPS) is 11.3. The van der Waals surface area contributed by atoms with Gasteiger partial charge in [0.25, 0.3) is 0 Å². The summed E-state index contributed by atoms with van der Waals surface area (Å²) < 4.78 is 3.67. The van der Waals surface area contributed by atoms with E-state index in [4.69, 9.17) is 0 Å². The number of hydrogen-bond donors (Lipinski definition) is 3. The molecule has 0 bridgehead atoms. The highest BCUT2D eigenvalue weighted by molar-refractivity contribution is 14.1. The summed E-state index contributed by atoms with van der Waals surface area (Å²) in [5.41, 5.74) is 10.8. The first kappa shape index (κ1) is 33.5. The number of aromatic amines is 3. The number of hydrogen-bond acceptors (Lipinski definition) is 0. The molecule has 0 aliphatic carbocycles. The Kier molecular flexibility index (Phi) is 8.64. The minimum Gasteiger partial charge on any atom is -0.353 e. The number of H-pyrrole nitrogens is 3. The summed E-state index contributed by atoms with van der Waals surface area (Å²) in [5, 5.41) is 10.2. The van der Waals surface area contributed by atoms with Crippen molar-refractivity contribution in [3.05, 3.63) is 186 Å². The lowest BCUT2D eigenvalue weighted by molar-refractivity contribution is 1.18. The Bertz CT molecular complexity index is 3150. The molecule has 0 saturated heterocycles. The largest absolute Gasteiger partial charge is 0.353 e. The Labute approximate surface area is 326 Å². The van der Waals surface area contributed by atoms with Crippen LogP contribution in [0.5, 0.6) is 0 Å². The smallest absolute Gasteiger partial charge is 0.0783 e. The van der Waals surface area contributed by atoms with Gasteiger partial charge in [-0.25, -0.2) is 0 Å². The van der Waals surface area contributed by atoms with Crippen LogP contribution in [0.15, 0.2) is 182 Å². The Morgan fingerprint density at radius 1 is 0.333 bits per heavy atom. The molecule has 4 aromatic heterocycles. The van der Waals surface area contributed by atoms with Crippen LogP contribution < -0.4 is 0 Å². The summed E-state index contributed by atoms with van der Waals surface area (Å²) in [7, 11) is 0. The molecule has 0 spiro atoms. The van der Waals surface area contributed by atoms with Crippen molar-refractivity contribution in [2.45, 2.75) is 7.43 Å². The lowest BCUT2D eigenvalue weighted by Gasteiger charge is -2.08. The highest BCUT2D eigenvalue weighted by Gasteiger charge is 2.17. The van der Waals surface area contributed by atoms with Gasteiger partial charge in [0.15, 0.2) is 0 Å². The molecule has 5 heteroatoms. The van der Waals surface area contributed by atoms with Gasteiger partial charge in [0.05, 0.1) is 27.6 Å². The Balaban J connectivity index is 0.000000122. The fourth-order valence-corrected chi connectivity index (χ4v) is 8.28. The van der Waals surface area contributed by atoms with Crippen LogP contribution in [-0.4, -0.2) is 19.5 Å². The molecule has 0 amide bonds. The minimum absolute atomic E-state index is 0. The molecule has 0 radical (unpaired) electrons. The molecule has 3 N–H and O–H groups in total. The van der Waals surface area contributed by atoms with E-state index in [0.717, 1.165) is 0 Å². The molecule has 260 valence electrons. The molecule has 4 heterocycles. The van der Waals surface area contributed by atoms with Crippen LogP contribution in [0, 0.1) is 3.57 Å². The predicted octanol–water partition coefficient (Wildman–Crippen LogP) is 14.3. The zero-order chi connectivity index (χ0) is 35.3. The molecule has 4 nitrogen and oxygen atoms in total. The van der Waals surface area contributed by atoms with E-state index in [0.29, 0.717) is 0 Å². The maximum atomic E-state index is 3.67. The van der Waals surface area contributed by atoms with Crippen molar-refractivity contribution in [1.82, 2.24) is 19.5 Å². The number of aromatic nitrogens is 4. The second-order valence-electron chi connectivity index (χ2n) is 13.3. The van der Waals surface area contributed by atoms with Gasteiger partial charge in [-0.3, -0.25) is 0 Å². The van der Waals surface area contributed by atoms with E-state index in [-0.39, 0.29) is 7.43 Å². The molecular weight excluding hydrogens is 771 g/mol. The molecule has 54 heavy (non-hydrogen) atoms. The zero-order valence-electron chi connectivity index (χ0n) is 28.6. The molecule has 0 aliphatic rings. The van der Waals surface area contributed by atoms with E-state index >= 15 is 0 Å². The molecule has 0 saturated carbocycles. The van der Waals surface area contributed by atoms with E-state index in [1.807, 2.05) is 18.2 Å². The van der Waals surface area contributed by atoms with Gasteiger partial charge in [-0.15, -0.1) is 0 Å². The first-order valence-electron chi connectivity index (χ1n) is 17.8. The number of rotatable bonds is 1. The van der Waals surface area contributed by atoms with Gasteiger partial charge in [-0.2, -0.15) is 0 Å². The molecule has 0 aliphatic heterocycles. The van der Waals surface area contributed by atoms with Crippen molar-refractivity contribution in [3.63, 3.8) is 0 Å². The van der Waals surface area contributed by atoms with Crippen molar-refractivity contribution in [2.75, 3.05) is 0 Å². The highest BCUT2D eigenvalue weighted by atomic mass is 127. The number of fused-ring (bicyclic) bond motifs is 14. The molecular formula is C49H37IN4. The first-order chi connectivity index (χ1) is 26.2. The highest BCUT2D eigenvalue weighted by Crippen LogP contribution is 2.39. The Hall–Kier alpha value is -6.31. The molecule has 0 atom stereocenters. The summed E-state index contributed by atoms with van der Waals surface area (Å²) in [5.74, 6) is 0. The quantitative estimate of drug-likeness (QED) is 0.138. The van der Waals surface area contributed by atoms with Gasteiger partial charge < -0.3 is 19.5 Å². The summed E-state index contributed by atoms with van der Waals surface area (Å²) in [4.78, 5) is 10.8. The van der Waals surface area contributed by atoms with Gasteiger partial charge in [-0.05, 0) is 71.1 Å².